The van der Waals surface area contributed by atoms with Gasteiger partial charge in [-0.3, -0.25) is 0 Å². The highest BCUT2D eigenvalue weighted by atomic mass is 14.9. The second kappa shape index (κ2) is 9.72. The number of pyridine rings is 2. The molecule has 2 aliphatic rings. The van der Waals surface area contributed by atoms with Crippen molar-refractivity contribution >= 4 is 44.3 Å². The van der Waals surface area contributed by atoms with Crippen LogP contribution in [0.15, 0.2) is 140 Å². The third-order valence-electron chi connectivity index (χ3n) is 9.59. The van der Waals surface area contributed by atoms with Gasteiger partial charge >= 0.3 is 0 Å². The number of hydrogen-bond donors (Lipinski definition) is 1. The summed E-state index contributed by atoms with van der Waals surface area (Å²) >= 11 is 0. The molecule has 3 heteroatoms. The number of nitrogens with one attached hydrogen (secondary N) is 1. The molecule has 1 aliphatic carbocycles. The molecule has 0 atom stereocenters. The van der Waals surface area contributed by atoms with E-state index in [9.17, 15) is 0 Å². The largest absolute Gasteiger partial charge is 0.381 e. The average Bonchev–Trinajstić information content (AvgIpc) is 3.46. The Balaban J connectivity index is 1.09. The summed E-state index contributed by atoms with van der Waals surface area (Å²) in [5.41, 5.74) is 16.0. The van der Waals surface area contributed by atoms with Crippen LogP contribution < -0.4 is 5.32 Å². The number of anilines is 1. The van der Waals surface area contributed by atoms with Gasteiger partial charge in [-0.2, -0.15) is 0 Å². The molecule has 0 saturated carbocycles. The topological polar surface area (TPSA) is 37.8 Å². The summed E-state index contributed by atoms with van der Waals surface area (Å²) in [4.78, 5) is 10.4. The summed E-state index contributed by atoms with van der Waals surface area (Å²) in [6, 6.07) is 48.2. The lowest BCUT2D eigenvalue weighted by Crippen LogP contribution is -2.04. The fourth-order valence-electron chi connectivity index (χ4n) is 7.37. The highest BCUT2D eigenvalue weighted by Gasteiger charge is 2.22. The maximum absolute atomic E-state index is 5.26. The van der Waals surface area contributed by atoms with Crippen LogP contribution in [-0.4, -0.2) is 16.5 Å². The van der Waals surface area contributed by atoms with E-state index in [0.717, 1.165) is 56.6 Å². The summed E-state index contributed by atoms with van der Waals surface area (Å²) in [7, 11) is 0. The van der Waals surface area contributed by atoms with Gasteiger partial charge in [0, 0.05) is 34.1 Å². The molecule has 10 rings (SSSR count). The first-order chi connectivity index (χ1) is 22.8. The number of aromatic nitrogens is 2. The first kappa shape index (κ1) is 25.3. The summed E-state index contributed by atoms with van der Waals surface area (Å²) in [5.74, 6) is 0. The monoisotopic (exact) mass is 585 g/mol. The second-order valence-corrected chi connectivity index (χ2v) is 12.2. The van der Waals surface area contributed by atoms with Crippen LogP contribution in [0.1, 0.15) is 5.56 Å². The zero-order valence-corrected chi connectivity index (χ0v) is 25.0. The van der Waals surface area contributed by atoms with Gasteiger partial charge in [0.15, 0.2) is 0 Å². The second-order valence-electron chi connectivity index (χ2n) is 12.2. The lowest BCUT2D eigenvalue weighted by Gasteiger charge is -2.14. The Labute approximate surface area is 266 Å². The molecule has 0 saturated heterocycles. The Morgan fingerprint density at radius 2 is 1.11 bits per heavy atom. The van der Waals surface area contributed by atoms with Gasteiger partial charge in [0.25, 0.3) is 0 Å². The van der Waals surface area contributed by atoms with Crippen LogP contribution in [0, 0.1) is 0 Å². The van der Waals surface area contributed by atoms with E-state index in [2.05, 4.69) is 151 Å². The van der Waals surface area contributed by atoms with Gasteiger partial charge in [0.2, 0.25) is 0 Å². The number of hydrogen-bond acceptors (Lipinski definition) is 3. The van der Waals surface area contributed by atoms with Crippen LogP contribution in [-0.2, 0) is 0 Å². The van der Waals surface area contributed by atoms with E-state index in [4.69, 9.17) is 9.97 Å². The molecule has 0 fully saturated rings. The summed E-state index contributed by atoms with van der Waals surface area (Å²) in [6.07, 6.45) is 4.33. The van der Waals surface area contributed by atoms with Gasteiger partial charge in [-0.05, 0) is 80.0 Å². The maximum atomic E-state index is 5.26. The SMILES string of the molecule is C1=Cc2cc(-c3ccc4ccc5ccc(-c6cccc(-c7ccc8c9c(cccc79)-c7ccccc7-8)c6)nc5c4n3)ccc2NC1. The Kier molecular flexibility index (Phi) is 5.34. The molecule has 0 bridgehead atoms. The third-order valence-corrected chi connectivity index (χ3v) is 9.59. The van der Waals surface area contributed by atoms with Gasteiger partial charge in [0.05, 0.1) is 22.4 Å². The summed E-state index contributed by atoms with van der Waals surface area (Å²) in [6.45, 7) is 0.863. The molecule has 8 aromatic rings. The predicted molar refractivity (Wildman–Crippen MR) is 193 cm³/mol. The molecule has 0 spiro atoms. The van der Waals surface area contributed by atoms with Crippen molar-refractivity contribution < 1.29 is 0 Å². The molecule has 1 N–H and O–H groups in total. The van der Waals surface area contributed by atoms with Gasteiger partial charge in [-0.25, -0.2) is 9.97 Å². The summed E-state index contributed by atoms with van der Waals surface area (Å²) < 4.78 is 0. The lowest BCUT2D eigenvalue weighted by molar-refractivity contribution is 1.31. The van der Waals surface area contributed by atoms with E-state index >= 15 is 0 Å². The van der Waals surface area contributed by atoms with E-state index in [1.54, 1.807) is 0 Å². The molecule has 0 radical (unpaired) electrons. The first-order valence-corrected chi connectivity index (χ1v) is 15.8. The molecule has 2 aromatic heterocycles. The van der Waals surface area contributed by atoms with E-state index < -0.39 is 0 Å². The van der Waals surface area contributed by atoms with Crippen LogP contribution in [0.3, 0.4) is 0 Å². The summed E-state index contributed by atoms with van der Waals surface area (Å²) in [5, 5.41) is 8.23. The van der Waals surface area contributed by atoms with Crippen molar-refractivity contribution in [2.24, 2.45) is 0 Å². The molecule has 3 nitrogen and oxygen atoms in total. The fraction of sp³-hybridized carbons (Fsp3) is 0.0233. The molecule has 1 aliphatic heterocycles. The Hall–Kier alpha value is -6.06. The molecular formula is C43H27N3. The van der Waals surface area contributed by atoms with E-state index in [1.165, 1.54) is 49.7 Å². The quantitative estimate of drug-likeness (QED) is 0.210. The van der Waals surface area contributed by atoms with Crippen molar-refractivity contribution in [2.45, 2.75) is 0 Å². The third kappa shape index (κ3) is 3.79. The van der Waals surface area contributed by atoms with E-state index in [0.29, 0.717) is 0 Å². The van der Waals surface area contributed by atoms with Gasteiger partial charge in [-0.1, -0.05) is 115 Å². The number of nitrogens with zero attached hydrogens (tertiary/aromatic N) is 2. The smallest absolute Gasteiger partial charge is 0.0972 e. The maximum Gasteiger partial charge on any atom is 0.0972 e. The van der Waals surface area contributed by atoms with Crippen LogP contribution in [0.25, 0.3) is 94.5 Å². The first-order valence-electron chi connectivity index (χ1n) is 15.8. The Morgan fingerprint density at radius 3 is 1.89 bits per heavy atom. The molecule has 3 heterocycles. The van der Waals surface area contributed by atoms with E-state index in [-0.39, 0.29) is 0 Å². The van der Waals surface area contributed by atoms with Crippen LogP contribution in [0.4, 0.5) is 5.69 Å². The molecular weight excluding hydrogens is 558 g/mol. The van der Waals surface area contributed by atoms with E-state index in [1.807, 2.05) is 0 Å². The predicted octanol–water partition coefficient (Wildman–Crippen LogP) is 11.0. The van der Waals surface area contributed by atoms with Gasteiger partial charge in [0.1, 0.15) is 0 Å². The molecule has 214 valence electrons. The fourth-order valence-corrected chi connectivity index (χ4v) is 7.37. The van der Waals surface area contributed by atoms with Gasteiger partial charge < -0.3 is 5.32 Å². The number of rotatable bonds is 3. The van der Waals surface area contributed by atoms with Crippen molar-refractivity contribution in [1.29, 1.82) is 0 Å². The van der Waals surface area contributed by atoms with Crippen molar-refractivity contribution in [3.05, 3.63) is 145 Å². The van der Waals surface area contributed by atoms with Gasteiger partial charge in [-0.15, -0.1) is 0 Å². The number of fused-ring (bicyclic) bond motifs is 7. The van der Waals surface area contributed by atoms with Crippen molar-refractivity contribution in [3.63, 3.8) is 0 Å². The van der Waals surface area contributed by atoms with Crippen molar-refractivity contribution in [3.8, 4) is 55.9 Å². The number of benzene rings is 6. The highest BCUT2D eigenvalue weighted by molar-refractivity contribution is 6.18. The highest BCUT2D eigenvalue weighted by Crippen LogP contribution is 2.49. The van der Waals surface area contributed by atoms with Crippen LogP contribution in [0.5, 0.6) is 0 Å². The average molecular weight is 586 g/mol. The Bertz CT molecular complexity index is 2570. The minimum Gasteiger partial charge on any atom is -0.381 e. The lowest BCUT2D eigenvalue weighted by atomic mass is 9.93. The zero-order valence-electron chi connectivity index (χ0n) is 25.0. The molecule has 0 amide bonds. The minimum atomic E-state index is 0.863. The van der Waals surface area contributed by atoms with Crippen LogP contribution in [0.2, 0.25) is 0 Å². The molecule has 6 aromatic carbocycles. The standard InChI is InChI=1S/C43H27N3/c1-2-10-34-33(9-1)36-12-4-11-35-32(18-19-37(34)41(35)36)28-6-3-7-30(24-28)39-21-15-26-13-14-27-16-22-40(46-43(27)42(26)45-39)31-17-20-38-29(25-31)8-5-23-44-38/h1-22,24-25,44H,23H2. The normalized spacial score (nSPS) is 12.8. The van der Waals surface area contributed by atoms with Crippen molar-refractivity contribution in [1.82, 2.24) is 9.97 Å². The minimum absolute atomic E-state index is 0.863. The molecule has 46 heavy (non-hydrogen) atoms. The van der Waals surface area contributed by atoms with Crippen LogP contribution >= 0.6 is 0 Å². The van der Waals surface area contributed by atoms with Crippen molar-refractivity contribution in [2.75, 3.05) is 11.9 Å². The zero-order chi connectivity index (χ0) is 30.2. The molecule has 0 unspecified atom stereocenters. The Morgan fingerprint density at radius 1 is 0.478 bits per heavy atom.